The molecule has 0 atom stereocenters. The Morgan fingerprint density at radius 1 is 0.192 bits per heavy atom. The zero-order valence-corrected chi connectivity index (χ0v) is 66.2. The molecule has 0 aliphatic rings. The highest BCUT2D eigenvalue weighted by atomic mass is 32.1. The molecule has 24 aromatic rings. The second-order valence-corrected chi connectivity index (χ2v) is 32.2. The van der Waals surface area contributed by atoms with Crippen LogP contribution in [-0.4, -0.2) is 44.0 Å². The molecule has 0 N–H and O–H groups in total. The number of fused-ring (bicyclic) bond motifs is 16. The quantitative estimate of drug-likeness (QED) is 0.120. The summed E-state index contributed by atoms with van der Waals surface area (Å²) in [6.07, 6.45) is 0. The van der Waals surface area contributed by atoms with Crippen LogP contribution in [0.5, 0.6) is 0 Å². The van der Waals surface area contributed by atoms with Gasteiger partial charge in [0.2, 0.25) is 0 Å². The topological polar surface area (TPSA) is 100 Å². The molecule has 0 aliphatic heterocycles. The predicted molar refractivity (Wildman–Crippen MR) is 501 cm³/mol. The fourth-order valence-corrected chi connectivity index (χ4v) is 20.0. The van der Waals surface area contributed by atoms with E-state index in [1.165, 1.54) is 106 Å². The highest BCUT2D eigenvalue weighted by Gasteiger charge is 2.27. The van der Waals surface area contributed by atoms with Gasteiger partial charge in [-0.25, -0.2) is 34.9 Å². The highest BCUT2D eigenvalue weighted by Crippen LogP contribution is 2.51. The van der Waals surface area contributed by atoms with Gasteiger partial charge in [0, 0.05) is 97.0 Å². The van der Waals surface area contributed by atoms with Crippen LogP contribution >= 0.6 is 22.7 Å². The first-order valence-corrected chi connectivity index (χ1v) is 41.9. The monoisotopic (exact) mass is 1570 g/mol. The van der Waals surface area contributed by atoms with Gasteiger partial charge >= 0.3 is 0 Å². The molecule has 560 valence electrons. The fourth-order valence-electron chi connectivity index (χ4n) is 17.3. The van der Waals surface area contributed by atoms with Crippen molar-refractivity contribution in [3.8, 4) is 124 Å². The van der Waals surface area contributed by atoms with E-state index in [1.807, 2.05) is 120 Å². The van der Waals surface area contributed by atoms with E-state index in [1.54, 1.807) is 0 Å². The first-order chi connectivity index (χ1) is 59.5. The lowest BCUT2D eigenvalue weighted by molar-refractivity contribution is 1.07. The van der Waals surface area contributed by atoms with Crippen LogP contribution in [0.4, 0.5) is 0 Å². The number of hydrogen-bond donors (Lipinski definition) is 0. The van der Waals surface area contributed by atoms with Gasteiger partial charge in [-0.15, -0.1) is 22.7 Å². The number of pyridine rings is 2. The van der Waals surface area contributed by atoms with Crippen LogP contribution in [0.25, 0.3) is 230 Å². The van der Waals surface area contributed by atoms with Crippen molar-refractivity contribution < 1.29 is 0 Å². The molecule has 8 heterocycles. The SMILES string of the molecule is c1ccc(-c2cc(-c3ccc(-c4ccc(-c5nc6ccccc6c6sc7c8ccccc8n(-c8cccc9ccccc89)c7c56)cc4)cc3)nc(-c3ccccc3)n2)cc1.c1ccc(-c2nc(-c3ccccc3)nc(-c3ccc(-c4ccc(-c5nc6ccccc6c6sc7c8ccccc8n(-c8cccc9ccccc89)c7c56)cc4)cc3)n2)cc1. The summed E-state index contributed by atoms with van der Waals surface area (Å²) in [7, 11) is 0. The maximum absolute atomic E-state index is 5.45. The molecule has 0 saturated heterocycles. The molecule has 0 bridgehead atoms. The lowest BCUT2D eigenvalue weighted by Gasteiger charge is -2.13. The molecule has 0 amide bonds. The first-order valence-electron chi connectivity index (χ1n) is 40.2. The smallest absolute Gasteiger partial charge is 0.164 e. The third-order valence-electron chi connectivity index (χ3n) is 23.1. The maximum Gasteiger partial charge on any atom is 0.164 e. The third-order valence-corrected chi connectivity index (χ3v) is 25.6. The van der Waals surface area contributed by atoms with E-state index in [2.05, 4.69) is 319 Å². The van der Waals surface area contributed by atoms with Gasteiger partial charge in [-0.2, -0.15) is 0 Å². The second kappa shape index (κ2) is 29.3. The summed E-state index contributed by atoms with van der Waals surface area (Å²) in [4.78, 5) is 35.6. The van der Waals surface area contributed by atoms with Crippen LogP contribution in [0, 0.1) is 0 Å². The van der Waals surface area contributed by atoms with E-state index in [0.717, 1.165) is 101 Å². The van der Waals surface area contributed by atoms with E-state index in [-0.39, 0.29) is 0 Å². The number of aromatic nitrogens is 9. The number of hydrogen-bond acceptors (Lipinski definition) is 9. The summed E-state index contributed by atoms with van der Waals surface area (Å²) in [5.41, 5.74) is 25.5. The van der Waals surface area contributed by atoms with Gasteiger partial charge in [-0.1, -0.05) is 364 Å². The van der Waals surface area contributed by atoms with Gasteiger partial charge < -0.3 is 9.13 Å². The number of para-hydroxylation sites is 4. The largest absolute Gasteiger partial charge is 0.307 e. The van der Waals surface area contributed by atoms with Crippen LogP contribution in [0.2, 0.25) is 0 Å². The molecule has 11 heteroatoms. The van der Waals surface area contributed by atoms with Gasteiger partial charge in [0.15, 0.2) is 23.3 Å². The minimum absolute atomic E-state index is 0.638. The Kier molecular flexibility index (Phi) is 17.1. The van der Waals surface area contributed by atoms with Crippen LogP contribution in [-0.2, 0) is 0 Å². The summed E-state index contributed by atoms with van der Waals surface area (Å²) in [6, 6.07) is 143. The van der Waals surface area contributed by atoms with Crippen molar-refractivity contribution in [1.29, 1.82) is 0 Å². The Hall–Kier alpha value is -15.5. The molecule has 0 spiro atoms. The lowest BCUT2D eigenvalue weighted by Crippen LogP contribution is -2.00. The van der Waals surface area contributed by atoms with Crippen molar-refractivity contribution in [2.75, 3.05) is 0 Å². The Labute approximate surface area is 698 Å². The number of rotatable bonds is 12. The van der Waals surface area contributed by atoms with E-state index in [4.69, 9.17) is 34.9 Å². The molecule has 16 aromatic carbocycles. The predicted octanol–water partition coefficient (Wildman–Crippen LogP) is 29.0. The third kappa shape index (κ3) is 12.2. The molecule has 0 unspecified atom stereocenters. The van der Waals surface area contributed by atoms with Crippen LogP contribution in [0.1, 0.15) is 0 Å². The van der Waals surface area contributed by atoms with E-state index in [9.17, 15) is 0 Å². The highest BCUT2D eigenvalue weighted by molar-refractivity contribution is 7.28. The molecule has 0 saturated carbocycles. The molecule has 24 rings (SSSR count). The van der Waals surface area contributed by atoms with Gasteiger partial charge in [0.1, 0.15) is 0 Å². The summed E-state index contributed by atoms with van der Waals surface area (Å²) >= 11 is 3.75. The van der Waals surface area contributed by atoms with E-state index >= 15 is 0 Å². The Bertz CT molecular complexity index is 7500. The fraction of sp³-hybridized carbons (Fsp3) is 0. The van der Waals surface area contributed by atoms with Crippen molar-refractivity contribution in [3.05, 3.63) is 406 Å². The van der Waals surface area contributed by atoms with Crippen molar-refractivity contribution in [2.45, 2.75) is 0 Å². The minimum atomic E-state index is 0.638. The Balaban J connectivity index is 0.000000140. The maximum atomic E-state index is 5.45. The Morgan fingerprint density at radius 3 is 0.875 bits per heavy atom. The summed E-state index contributed by atoms with van der Waals surface area (Å²) in [5, 5.41) is 12.1. The average Bonchev–Trinajstić information content (AvgIpc) is 1.54. The molecule has 120 heavy (non-hydrogen) atoms. The molecule has 8 aromatic heterocycles. The van der Waals surface area contributed by atoms with Crippen molar-refractivity contribution in [2.24, 2.45) is 0 Å². The standard InChI is InChI=1S/C55H34N4S.C54H33N5S/c1-3-15-38(16-4-1)46-34-47(58-55(57-46)41-17-5-2-6-18-41)39-30-26-35(27-31-39)36-28-32-40(33-29-36)51-50-52-54(60-53(50)43-21-9-11-23-45(43)56-51)44-22-10-12-24-49(44)59(52)48-25-13-19-37-14-7-8-20-42(37)48;1-3-15-38(16-4-1)52-56-53(39-17-5-2-6-18-39)58-54(57-52)40-32-28-35(29-33-40)34-26-30-37(31-27-34)48-47-49-51(60-50(47)42-21-9-11-23-44(42)55-48)43-22-10-12-24-46(43)59(49)45-25-13-19-36-14-7-8-20-41(36)45/h1-34H;1-33H. The normalized spacial score (nSPS) is 11.7. The molecular weight excluding hydrogens is 1500 g/mol. The van der Waals surface area contributed by atoms with Crippen LogP contribution in [0.3, 0.4) is 0 Å². The second-order valence-electron chi connectivity index (χ2n) is 30.2. The molecule has 9 nitrogen and oxygen atoms in total. The van der Waals surface area contributed by atoms with Gasteiger partial charge in [-0.3, -0.25) is 0 Å². The van der Waals surface area contributed by atoms with Crippen molar-refractivity contribution in [1.82, 2.24) is 44.0 Å². The summed E-state index contributed by atoms with van der Waals surface area (Å²) < 4.78 is 10.0. The van der Waals surface area contributed by atoms with Crippen molar-refractivity contribution in [3.63, 3.8) is 0 Å². The van der Waals surface area contributed by atoms with Crippen LogP contribution in [0.15, 0.2) is 406 Å². The summed E-state index contributed by atoms with van der Waals surface area (Å²) in [5.74, 6) is 2.65. The lowest BCUT2D eigenvalue weighted by atomic mass is 9.99. The van der Waals surface area contributed by atoms with E-state index < -0.39 is 0 Å². The molecular formula is C109H67N9S2. The van der Waals surface area contributed by atoms with Gasteiger partial charge in [0.05, 0.1) is 76.7 Å². The first kappa shape index (κ1) is 69.9. The number of thiophene rings is 2. The van der Waals surface area contributed by atoms with E-state index in [0.29, 0.717) is 23.3 Å². The summed E-state index contributed by atoms with van der Waals surface area (Å²) in [6.45, 7) is 0. The number of benzene rings is 16. The zero-order chi connectivity index (χ0) is 79.1. The minimum Gasteiger partial charge on any atom is -0.307 e. The zero-order valence-electron chi connectivity index (χ0n) is 64.5. The molecule has 0 fully saturated rings. The number of nitrogens with zero attached hydrogens (tertiary/aromatic N) is 9. The van der Waals surface area contributed by atoms with Crippen molar-refractivity contribution >= 4 is 128 Å². The van der Waals surface area contributed by atoms with Crippen LogP contribution < -0.4 is 0 Å². The average molecular weight is 1570 g/mol. The van der Waals surface area contributed by atoms with Gasteiger partial charge in [-0.05, 0) is 75.5 Å². The van der Waals surface area contributed by atoms with Gasteiger partial charge in [0.25, 0.3) is 0 Å². The Morgan fingerprint density at radius 2 is 0.475 bits per heavy atom. The molecule has 0 aliphatic carbocycles. The molecule has 0 radical (unpaired) electrons.